The van der Waals surface area contributed by atoms with Crippen molar-refractivity contribution >= 4 is 10.9 Å². The van der Waals surface area contributed by atoms with E-state index in [4.69, 9.17) is 0 Å². The molecule has 8 nitrogen and oxygen atoms in total. The molecule has 4 aromatic rings. The van der Waals surface area contributed by atoms with E-state index in [2.05, 4.69) is 49.7 Å². The van der Waals surface area contributed by atoms with E-state index >= 15 is 0 Å². The second kappa shape index (κ2) is 7.63. The lowest BCUT2D eigenvalue weighted by atomic mass is 9.91. The monoisotopic (exact) mass is 389 g/mol. The van der Waals surface area contributed by atoms with E-state index in [1.807, 2.05) is 6.20 Å². The summed E-state index contributed by atoms with van der Waals surface area (Å²) in [5, 5.41) is 13.5. The third-order valence-electron chi connectivity index (χ3n) is 5.72. The largest absolute Gasteiger partial charge is 0.361 e. The minimum atomic E-state index is -0.0647. The zero-order valence-electron chi connectivity index (χ0n) is 16.0. The number of benzene rings is 1. The van der Waals surface area contributed by atoms with Gasteiger partial charge in [-0.2, -0.15) is 5.10 Å². The molecule has 1 saturated carbocycles. The molecular formula is C21H23N7O. The summed E-state index contributed by atoms with van der Waals surface area (Å²) in [5.41, 5.74) is 2.39. The number of aromatic amines is 1. The molecule has 0 aliphatic heterocycles. The molecule has 1 aliphatic rings. The smallest absolute Gasteiger partial charge is 0.267 e. The minimum absolute atomic E-state index is 0.0647. The molecule has 3 heterocycles. The van der Waals surface area contributed by atoms with Crippen molar-refractivity contribution in [2.75, 3.05) is 0 Å². The van der Waals surface area contributed by atoms with Crippen molar-refractivity contribution in [3.05, 3.63) is 71.2 Å². The quantitative estimate of drug-likeness (QED) is 0.547. The van der Waals surface area contributed by atoms with Gasteiger partial charge in [0.1, 0.15) is 12.7 Å². The van der Waals surface area contributed by atoms with Crippen molar-refractivity contribution < 1.29 is 0 Å². The van der Waals surface area contributed by atoms with Crippen LogP contribution in [-0.2, 0) is 6.54 Å². The first-order chi connectivity index (χ1) is 14.3. The molecule has 2 N–H and O–H groups in total. The van der Waals surface area contributed by atoms with Gasteiger partial charge in [-0.15, -0.1) is 5.10 Å². The van der Waals surface area contributed by atoms with Gasteiger partial charge in [0.05, 0.1) is 6.04 Å². The second-order valence-electron chi connectivity index (χ2n) is 7.60. The van der Waals surface area contributed by atoms with Gasteiger partial charge in [-0.05, 0) is 60.9 Å². The molecule has 1 fully saturated rings. The van der Waals surface area contributed by atoms with Crippen LogP contribution in [0.2, 0.25) is 0 Å². The first-order valence-electron chi connectivity index (χ1n) is 10.0. The van der Waals surface area contributed by atoms with Crippen LogP contribution in [0, 0.1) is 0 Å². The van der Waals surface area contributed by atoms with E-state index in [0.29, 0.717) is 11.9 Å². The number of nitrogens with one attached hydrogen (secondary N) is 2. The lowest BCUT2D eigenvalue weighted by Gasteiger charge is -2.29. The van der Waals surface area contributed by atoms with Gasteiger partial charge in [0.25, 0.3) is 5.56 Å². The zero-order chi connectivity index (χ0) is 19.6. The molecule has 1 aliphatic carbocycles. The molecule has 0 radical (unpaired) electrons. The molecule has 0 unspecified atom stereocenters. The van der Waals surface area contributed by atoms with E-state index < -0.39 is 0 Å². The van der Waals surface area contributed by atoms with Crippen LogP contribution in [-0.4, -0.2) is 35.6 Å². The Balaban J connectivity index is 1.21. The maximum absolute atomic E-state index is 12.4. The predicted octanol–water partition coefficient (Wildman–Crippen LogP) is 2.58. The molecule has 0 bridgehead atoms. The fourth-order valence-electron chi connectivity index (χ4n) is 4.12. The first kappa shape index (κ1) is 17.8. The van der Waals surface area contributed by atoms with Crippen LogP contribution in [0.4, 0.5) is 0 Å². The first-order valence-corrected chi connectivity index (χ1v) is 10.0. The summed E-state index contributed by atoms with van der Waals surface area (Å²) in [6.45, 7) is 0.858. The average molecular weight is 389 g/mol. The Morgan fingerprint density at radius 1 is 1.10 bits per heavy atom. The van der Waals surface area contributed by atoms with Crippen molar-refractivity contribution in [1.82, 2.24) is 34.8 Å². The number of hydrogen-bond donors (Lipinski definition) is 2. The Morgan fingerprint density at radius 3 is 2.83 bits per heavy atom. The van der Waals surface area contributed by atoms with Crippen LogP contribution in [0.15, 0.2) is 60.0 Å². The maximum atomic E-state index is 12.4. The topological polar surface area (TPSA) is 93.4 Å². The third kappa shape index (κ3) is 3.71. The SMILES string of the molecule is O=c1ccc(-n2cncn2)nn1C1CCC(NCc2ccc3[nH]ccc3c2)CC1. The summed E-state index contributed by atoms with van der Waals surface area (Å²) in [5.74, 6) is 0.613. The summed E-state index contributed by atoms with van der Waals surface area (Å²) < 4.78 is 3.19. The molecule has 3 aromatic heterocycles. The van der Waals surface area contributed by atoms with Crippen molar-refractivity contribution in [3.8, 4) is 5.82 Å². The molecular weight excluding hydrogens is 366 g/mol. The molecule has 0 atom stereocenters. The second-order valence-corrected chi connectivity index (χ2v) is 7.60. The molecule has 1 aromatic carbocycles. The van der Waals surface area contributed by atoms with Gasteiger partial charge in [0, 0.05) is 30.4 Å². The standard InChI is InChI=1S/C21H23N7O/c29-21-8-7-20(27-14-22-13-25-27)26-28(21)18-4-2-17(3-5-18)24-12-15-1-6-19-16(11-15)9-10-23-19/h1,6-11,13-14,17-18,23-24H,2-5,12H2. The van der Waals surface area contributed by atoms with Crippen molar-refractivity contribution in [2.45, 2.75) is 44.3 Å². The molecule has 0 saturated heterocycles. The van der Waals surface area contributed by atoms with Gasteiger partial charge in [0.2, 0.25) is 0 Å². The van der Waals surface area contributed by atoms with Gasteiger partial charge < -0.3 is 10.3 Å². The summed E-state index contributed by atoms with van der Waals surface area (Å²) in [4.78, 5) is 19.5. The van der Waals surface area contributed by atoms with Gasteiger partial charge in [-0.25, -0.2) is 14.3 Å². The number of rotatable bonds is 5. The van der Waals surface area contributed by atoms with E-state index in [9.17, 15) is 4.79 Å². The Labute approximate surface area is 167 Å². The van der Waals surface area contributed by atoms with Gasteiger partial charge in [0.15, 0.2) is 5.82 Å². The van der Waals surface area contributed by atoms with E-state index in [1.165, 1.54) is 22.8 Å². The lowest BCUT2D eigenvalue weighted by molar-refractivity contribution is 0.268. The Bertz CT molecular complexity index is 1150. The number of fused-ring (bicyclic) bond motifs is 1. The number of H-pyrrole nitrogens is 1. The number of aromatic nitrogens is 6. The molecule has 0 amide bonds. The molecule has 8 heteroatoms. The highest BCUT2D eigenvalue weighted by Gasteiger charge is 2.24. The van der Waals surface area contributed by atoms with Crippen molar-refractivity contribution in [2.24, 2.45) is 0 Å². The predicted molar refractivity (Wildman–Crippen MR) is 110 cm³/mol. The van der Waals surface area contributed by atoms with Crippen LogP contribution in [0.25, 0.3) is 16.7 Å². The van der Waals surface area contributed by atoms with Gasteiger partial charge in [-0.3, -0.25) is 4.79 Å². The summed E-state index contributed by atoms with van der Waals surface area (Å²) >= 11 is 0. The van der Waals surface area contributed by atoms with Crippen LogP contribution >= 0.6 is 0 Å². The normalized spacial score (nSPS) is 19.6. The third-order valence-corrected chi connectivity index (χ3v) is 5.72. The molecule has 5 rings (SSSR count). The number of nitrogens with zero attached hydrogens (tertiary/aromatic N) is 5. The minimum Gasteiger partial charge on any atom is -0.361 e. The molecule has 148 valence electrons. The van der Waals surface area contributed by atoms with Crippen molar-refractivity contribution in [3.63, 3.8) is 0 Å². The van der Waals surface area contributed by atoms with E-state index in [0.717, 1.165) is 32.2 Å². The van der Waals surface area contributed by atoms with Crippen LogP contribution in [0.3, 0.4) is 0 Å². The number of hydrogen-bond acceptors (Lipinski definition) is 5. The van der Waals surface area contributed by atoms with Crippen molar-refractivity contribution in [1.29, 1.82) is 0 Å². The maximum Gasteiger partial charge on any atom is 0.267 e. The highest BCUT2D eigenvalue weighted by molar-refractivity contribution is 5.79. The highest BCUT2D eigenvalue weighted by Crippen LogP contribution is 2.27. The van der Waals surface area contributed by atoms with Gasteiger partial charge >= 0.3 is 0 Å². The van der Waals surface area contributed by atoms with E-state index in [1.54, 1.807) is 27.8 Å². The Kier molecular flexibility index (Phi) is 4.69. The van der Waals surface area contributed by atoms with Crippen LogP contribution in [0.1, 0.15) is 37.3 Å². The summed E-state index contributed by atoms with van der Waals surface area (Å²) in [7, 11) is 0. The molecule has 29 heavy (non-hydrogen) atoms. The van der Waals surface area contributed by atoms with Gasteiger partial charge in [-0.1, -0.05) is 6.07 Å². The Hall–Kier alpha value is -3.26. The zero-order valence-corrected chi connectivity index (χ0v) is 16.0. The average Bonchev–Trinajstić information content (AvgIpc) is 3.45. The lowest BCUT2D eigenvalue weighted by Crippen LogP contribution is -2.36. The van der Waals surface area contributed by atoms with E-state index in [-0.39, 0.29) is 11.6 Å². The fourth-order valence-corrected chi connectivity index (χ4v) is 4.12. The van der Waals surface area contributed by atoms with Crippen LogP contribution in [0.5, 0.6) is 0 Å². The summed E-state index contributed by atoms with van der Waals surface area (Å²) in [6, 6.07) is 12.4. The molecule has 0 spiro atoms. The Morgan fingerprint density at radius 2 is 2.00 bits per heavy atom. The highest BCUT2D eigenvalue weighted by atomic mass is 16.1. The van der Waals surface area contributed by atoms with Crippen LogP contribution < -0.4 is 10.9 Å². The summed E-state index contributed by atoms with van der Waals surface area (Å²) in [6.07, 6.45) is 8.93. The fraction of sp³-hybridized carbons (Fsp3) is 0.333.